The van der Waals surface area contributed by atoms with Crippen molar-refractivity contribution in [2.75, 3.05) is 13.2 Å². The molecule has 6 nitrogen and oxygen atoms in total. The van der Waals surface area contributed by atoms with E-state index in [4.69, 9.17) is 20.4 Å². The van der Waals surface area contributed by atoms with E-state index < -0.39 is 37.0 Å². The van der Waals surface area contributed by atoms with Crippen molar-refractivity contribution in [3.63, 3.8) is 0 Å². The average molecular weight is 178 g/mol. The van der Waals surface area contributed by atoms with Crippen molar-refractivity contribution in [3.05, 3.63) is 0 Å². The summed E-state index contributed by atoms with van der Waals surface area (Å²) in [6.45, 7) is -1.77. The molecule has 2 unspecified atom stereocenters. The van der Waals surface area contributed by atoms with Crippen molar-refractivity contribution in [1.29, 1.82) is 0 Å². The highest BCUT2D eigenvalue weighted by atomic mass is 16.3. The van der Waals surface area contributed by atoms with Crippen LogP contribution in [0.4, 0.5) is 0 Å². The molecule has 0 saturated heterocycles. The van der Waals surface area contributed by atoms with E-state index in [1.54, 1.807) is 0 Å². The maximum Gasteiger partial charge on any atom is 0.231 e. The lowest BCUT2D eigenvalue weighted by Gasteiger charge is -2.07. The predicted molar refractivity (Wildman–Crippen MR) is 36.2 cm³/mol. The van der Waals surface area contributed by atoms with Crippen molar-refractivity contribution in [3.8, 4) is 0 Å². The first-order chi connectivity index (χ1) is 5.54. The van der Waals surface area contributed by atoms with Gasteiger partial charge in [0.25, 0.3) is 0 Å². The van der Waals surface area contributed by atoms with Gasteiger partial charge in [0.1, 0.15) is 12.2 Å². The fraction of sp³-hybridized carbons (Fsp3) is 0.667. The molecule has 0 heterocycles. The average Bonchev–Trinajstić information content (AvgIpc) is 2.12. The van der Waals surface area contributed by atoms with E-state index in [0.717, 1.165) is 0 Å². The van der Waals surface area contributed by atoms with Gasteiger partial charge in [-0.25, -0.2) is 0 Å². The topological polar surface area (TPSA) is 115 Å². The van der Waals surface area contributed by atoms with E-state index >= 15 is 0 Å². The zero-order chi connectivity index (χ0) is 9.72. The zero-order valence-corrected chi connectivity index (χ0v) is 6.17. The van der Waals surface area contributed by atoms with Crippen molar-refractivity contribution in [1.82, 2.24) is 0 Å². The highest BCUT2D eigenvalue weighted by Gasteiger charge is 2.27. The molecule has 2 atom stereocenters. The summed E-state index contributed by atoms with van der Waals surface area (Å²) >= 11 is 0. The third-order valence-corrected chi connectivity index (χ3v) is 1.19. The fourth-order valence-electron chi connectivity index (χ4n) is 0.494. The molecule has 0 aliphatic heterocycles. The molecule has 12 heavy (non-hydrogen) atoms. The first-order valence-corrected chi connectivity index (χ1v) is 3.20. The number of hydrogen-bond acceptors (Lipinski definition) is 6. The first-order valence-electron chi connectivity index (χ1n) is 3.20. The lowest BCUT2D eigenvalue weighted by atomic mass is 10.1. The number of hydrogen-bond donors (Lipinski definition) is 4. The van der Waals surface area contributed by atoms with Gasteiger partial charge in [0.05, 0.1) is 13.2 Å². The maximum absolute atomic E-state index is 10.6. The zero-order valence-electron chi connectivity index (χ0n) is 6.17. The highest BCUT2D eigenvalue weighted by molar-refractivity contribution is 6.40. The number of rotatable bonds is 5. The number of aliphatic hydroxyl groups excluding tert-OH is 4. The Morgan fingerprint density at radius 2 is 1.17 bits per heavy atom. The second-order valence-corrected chi connectivity index (χ2v) is 2.13. The summed E-state index contributed by atoms with van der Waals surface area (Å²) in [5.74, 6) is -2.61. The van der Waals surface area contributed by atoms with E-state index in [9.17, 15) is 9.59 Å². The summed E-state index contributed by atoms with van der Waals surface area (Å²) < 4.78 is 0. The standard InChI is InChI=1S/C6H10O6/c7-1-3(9)5(11)6(12)4(10)2-8/h3-4,7-10H,1-2H2. The van der Waals surface area contributed by atoms with Gasteiger partial charge < -0.3 is 20.4 Å². The normalized spacial score (nSPS) is 15.3. The Kier molecular flexibility index (Phi) is 4.60. The molecular weight excluding hydrogens is 168 g/mol. The number of ketones is 2. The van der Waals surface area contributed by atoms with Crippen LogP contribution in [0.5, 0.6) is 0 Å². The molecule has 0 fully saturated rings. The SMILES string of the molecule is O=C(C(=O)C(O)CO)C(O)CO. The first kappa shape index (κ1) is 11.2. The van der Waals surface area contributed by atoms with E-state index in [1.807, 2.05) is 0 Å². The minimum Gasteiger partial charge on any atom is -0.393 e. The Labute approximate surface area is 68.1 Å². The van der Waals surface area contributed by atoms with Gasteiger partial charge in [-0.2, -0.15) is 0 Å². The van der Waals surface area contributed by atoms with Crippen molar-refractivity contribution < 1.29 is 30.0 Å². The van der Waals surface area contributed by atoms with Gasteiger partial charge in [0.2, 0.25) is 11.6 Å². The summed E-state index contributed by atoms with van der Waals surface area (Å²) in [7, 11) is 0. The van der Waals surface area contributed by atoms with Gasteiger partial charge in [-0.1, -0.05) is 0 Å². The minimum atomic E-state index is -1.82. The Morgan fingerprint density at radius 3 is 1.33 bits per heavy atom. The Morgan fingerprint density at radius 1 is 0.917 bits per heavy atom. The number of carbonyl (C=O) groups is 2. The van der Waals surface area contributed by atoms with Crippen molar-refractivity contribution in [2.24, 2.45) is 0 Å². The van der Waals surface area contributed by atoms with Gasteiger partial charge in [-0.05, 0) is 0 Å². The second-order valence-electron chi connectivity index (χ2n) is 2.13. The van der Waals surface area contributed by atoms with Crippen LogP contribution in [-0.4, -0.2) is 57.4 Å². The molecule has 0 radical (unpaired) electrons. The molecule has 0 saturated carbocycles. The summed E-state index contributed by atoms with van der Waals surface area (Å²) in [6.07, 6.45) is -3.64. The molecule has 0 aromatic rings. The fourth-order valence-corrected chi connectivity index (χ4v) is 0.494. The van der Waals surface area contributed by atoms with Gasteiger partial charge in [-0.3, -0.25) is 9.59 Å². The number of aliphatic hydroxyl groups is 4. The van der Waals surface area contributed by atoms with Gasteiger partial charge >= 0.3 is 0 Å². The molecule has 0 bridgehead atoms. The molecule has 0 amide bonds. The summed E-state index contributed by atoms with van der Waals surface area (Å²) in [4.78, 5) is 21.3. The quantitative estimate of drug-likeness (QED) is 0.330. The third kappa shape index (κ3) is 2.67. The van der Waals surface area contributed by atoms with E-state index in [2.05, 4.69) is 0 Å². The van der Waals surface area contributed by atoms with Gasteiger partial charge in [0.15, 0.2) is 0 Å². The Hall–Kier alpha value is -0.820. The molecule has 0 rings (SSSR count). The van der Waals surface area contributed by atoms with Crippen LogP contribution in [0.2, 0.25) is 0 Å². The van der Waals surface area contributed by atoms with Gasteiger partial charge in [-0.15, -0.1) is 0 Å². The van der Waals surface area contributed by atoms with Crippen LogP contribution in [0.3, 0.4) is 0 Å². The van der Waals surface area contributed by atoms with Crippen LogP contribution in [0.1, 0.15) is 0 Å². The van der Waals surface area contributed by atoms with Crippen LogP contribution < -0.4 is 0 Å². The lowest BCUT2D eigenvalue weighted by Crippen LogP contribution is -2.39. The smallest absolute Gasteiger partial charge is 0.231 e. The molecule has 0 aliphatic rings. The largest absolute Gasteiger partial charge is 0.393 e. The Bertz CT molecular complexity index is 157. The molecule has 70 valence electrons. The lowest BCUT2D eigenvalue weighted by molar-refractivity contribution is -0.148. The van der Waals surface area contributed by atoms with Gasteiger partial charge in [0, 0.05) is 0 Å². The second kappa shape index (κ2) is 4.94. The number of carbonyl (C=O) groups excluding carboxylic acids is 2. The van der Waals surface area contributed by atoms with E-state index in [1.165, 1.54) is 0 Å². The van der Waals surface area contributed by atoms with Crippen molar-refractivity contribution >= 4 is 11.6 Å². The summed E-state index contributed by atoms with van der Waals surface area (Å²) in [5, 5.41) is 33.7. The van der Waals surface area contributed by atoms with Crippen LogP contribution in [0.15, 0.2) is 0 Å². The third-order valence-electron chi connectivity index (χ3n) is 1.19. The molecule has 0 aromatic carbocycles. The van der Waals surface area contributed by atoms with E-state index in [-0.39, 0.29) is 0 Å². The molecule has 4 N–H and O–H groups in total. The monoisotopic (exact) mass is 178 g/mol. The maximum atomic E-state index is 10.6. The molecule has 0 aromatic heterocycles. The Balaban J connectivity index is 4.19. The molecule has 6 heteroatoms. The molecular formula is C6H10O6. The number of Topliss-reactive ketones (excluding diaryl/α,β-unsaturated/α-hetero) is 2. The summed E-state index contributed by atoms with van der Waals surface area (Å²) in [6, 6.07) is 0. The molecule has 0 spiro atoms. The van der Waals surface area contributed by atoms with Crippen LogP contribution >= 0.6 is 0 Å². The summed E-state index contributed by atoms with van der Waals surface area (Å²) in [5.41, 5.74) is 0. The minimum absolute atomic E-state index is 0.886. The van der Waals surface area contributed by atoms with Crippen LogP contribution in [0.25, 0.3) is 0 Å². The van der Waals surface area contributed by atoms with Crippen LogP contribution in [-0.2, 0) is 9.59 Å². The predicted octanol–water partition coefficient (Wildman–Crippen LogP) is -3.17. The van der Waals surface area contributed by atoms with Crippen LogP contribution in [0, 0.1) is 0 Å². The van der Waals surface area contributed by atoms with E-state index in [0.29, 0.717) is 0 Å². The van der Waals surface area contributed by atoms with Crippen molar-refractivity contribution in [2.45, 2.75) is 12.2 Å². The molecule has 0 aliphatic carbocycles. The highest BCUT2D eigenvalue weighted by Crippen LogP contribution is 1.92.